The highest BCUT2D eigenvalue weighted by molar-refractivity contribution is 5.77. The number of amides is 1. The molecule has 1 unspecified atom stereocenters. The van der Waals surface area contributed by atoms with Gasteiger partial charge in [-0.1, -0.05) is 0 Å². The summed E-state index contributed by atoms with van der Waals surface area (Å²) in [6, 6.07) is 0.190. The number of hydrogen-bond acceptors (Lipinski definition) is 3. The Bertz CT molecular complexity index is 181. The van der Waals surface area contributed by atoms with Crippen LogP contribution in [0.3, 0.4) is 0 Å². The Morgan fingerprint density at radius 1 is 1.69 bits per heavy atom. The quantitative estimate of drug-likeness (QED) is 0.653. The van der Waals surface area contributed by atoms with Gasteiger partial charge in [0.15, 0.2) is 0 Å². The molecular weight excluding hydrogens is 168 g/mol. The van der Waals surface area contributed by atoms with E-state index in [4.69, 9.17) is 10.5 Å². The molecule has 0 spiro atoms. The van der Waals surface area contributed by atoms with Crippen LogP contribution in [0.2, 0.25) is 0 Å². The van der Waals surface area contributed by atoms with Crippen LogP contribution in [0.15, 0.2) is 0 Å². The van der Waals surface area contributed by atoms with E-state index in [2.05, 4.69) is 5.32 Å². The summed E-state index contributed by atoms with van der Waals surface area (Å²) in [5.74, 6) is 0.0167. The predicted molar refractivity (Wildman–Crippen MR) is 50.3 cm³/mol. The van der Waals surface area contributed by atoms with Crippen LogP contribution in [-0.4, -0.2) is 30.7 Å². The fraction of sp³-hybridized carbons (Fsp3) is 0.889. The van der Waals surface area contributed by atoms with Crippen molar-refractivity contribution < 1.29 is 9.53 Å². The first-order chi connectivity index (χ1) is 5.97. The van der Waals surface area contributed by atoms with Gasteiger partial charge in [-0.25, -0.2) is 0 Å². The van der Waals surface area contributed by atoms with E-state index >= 15 is 0 Å². The number of ether oxygens (including phenoxy) is 1. The molecule has 13 heavy (non-hydrogen) atoms. The zero-order valence-corrected chi connectivity index (χ0v) is 8.30. The minimum Gasteiger partial charge on any atom is -0.379 e. The van der Waals surface area contributed by atoms with E-state index < -0.39 is 5.54 Å². The van der Waals surface area contributed by atoms with Gasteiger partial charge in [-0.15, -0.1) is 0 Å². The van der Waals surface area contributed by atoms with Crippen molar-refractivity contribution in [3.63, 3.8) is 0 Å². The minimum absolute atomic E-state index is 0.0167. The molecule has 0 bridgehead atoms. The van der Waals surface area contributed by atoms with Gasteiger partial charge >= 0.3 is 0 Å². The first-order valence-corrected chi connectivity index (χ1v) is 4.63. The van der Waals surface area contributed by atoms with E-state index in [1.807, 2.05) is 13.8 Å². The van der Waals surface area contributed by atoms with Crippen molar-refractivity contribution in [1.29, 1.82) is 0 Å². The molecule has 0 aromatic heterocycles. The van der Waals surface area contributed by atoms with E-state index in [0.717, 1.165) is 13.0 Å². The van der Waals surface area contributed by atoms with Gasteiger partial charge in [-0.3, -0.25) is 4.79 Å². The lowest BCUT2D eigenvalue weighted by Gasteiger charge is -2.19. The number of carbonyl (C=O) groups excluding carboxylic acids is 1. The van der Waals surface area contributed by atoms with Crippen molar-refractivity contribution >= 4 is 5.91 Å². The van der Waals surface area contributed by atoms with Crippen LogP contribution in [0, 0.1) is 0 Å². The van der Waals surface area contributed by atoms with Crippen molar-refractivity contribution in [2.24, 2.45) is 5.73 Å². The Morgan fingerprint density at radius 2 is 2.38 bits per heavy atom. The lowest BCUT2D eigenvalue weighted by atomic mass is 10.0. The van der Waals surface area contributed by atoms with Crippen molar-refractivity contribution in [3.8, 4) is 0 Å². The fourth-order valence-corrected chi connectivity index (χ4v) is 1.34. The van der Waals surface area contributed by atoms with Gasteiger partial charge < -0.3 is 15.8 Å². The lowest BCUT2D eigenvalue weighted by Crippen LogP contribution is -2.42. The third-order valence-electron chi connectivity index (χ3n) is 1.91. The van der Waals surface area contributed by atoms with Crippen molar-refractivity contribution in [1.82, 2.24) is 5.32 Å². The molecular formula is C9H18N2O2. The summed E-state index contributed by atoms with van der Waals surface area (Å²) in [6.45, 7) is 5.07. The number of rotatable bonds is 3. The summed E-state index contributed by atoms with van der Waals surface area (Å²) in [6.07, 6.45) is 1.28. The standard InChI is InChI=1S/C9H18N2O2/c1-9(2,10)5-8(12)11-7-3-4-13-6-7/h7H,3-6,10H2,1-2H3,(H,11,12). The van der Waals surface area contributed by atoms with E-state index in [9.17, 15) is 4.79 Å². The molecule has 1 heterocycles. The highest BCUT2D eigenvalue weighted by Gasteiger charge is 2.21. The maximum Gasteiger partial charge on any atom is 0.222 e. The molecule has 0 aliphatic carbocycles. The van der Waals surface area contributed by atoms with Gasteiger partial charge in [0.2, 0.25) is 5.91 Å². The Labute approximate surface area is 78.8 Å². The smallest absolute Gasteiger partial charge is 0.222 e. The topological polar surface area (TPSA) is 64.4 Å². The number of hydrogen-bond donors (Lipinski definition) is 2. The summed E-state index contributed by atoms with van der Waals surface area (Å²) in [5, 5.41) is 2.89. The van der Waals surface area contributed by atoms with E-state index in [1.54, 1.807) is 0 Å². The van der Waals surface area contributed by atoms with Crippen LogP contribution in [0.25, 0.3) is 0 Å². The van der Waals surface area contributed by atoms with Gasteiger partial charge in [-0.2, -0.15) is 0 Å². The molecule has 1 atom stereocenters. The van der Waals surface area contributed by atoms with Crippen LogP contribution >= 0.6 is 0 Å². The largest absolute Gasteiger partial charge is 0.379 e. The molecule has 4 heteroatoms. The van der Waals surface area contributed by atoms with Gasteiger partial charge in [0.25, 0.3) is 0 Å². The summed E-state index contributed by atoms with van der Waals surface area (Å²) in [7, 11) is 0. The molecule has 4 nitrogen and oxygen atoms in total. The number of nitrogens with two attached hydrogens (primary N) is 1. The van der Waals surface area contributed by atoms with Crippen LogP contribution in [0.1, 0.15) is 26.7 Å². The maximum atomic E-state index is 11.4. The molecule has 1 fully saturated rings. The average Bonchev–Trinajstić information content (AvgIpc) is 2.34. The van der Waals surface area contributed by atoms with Gasteiger partial charge in [0.1, 0.15) is 0 Å². The predicted octanol–water partition coefficient (Wildman–Crippen LogP) is 0.0189. The molecule has 1 saturated heterocycles. The Balaban J connectivity index is 2.24. The second-order valence-corrected chi connectivity index (χ2v) is 4.29. The molecule has 1 amide bonds. The highest BCUT2D eigenvalue weighted by Crippen LogP contribution is 2.06. The Morgan fingerprint density at radius 3 is 2.85 bits per heavy atom. The molecule has 0 radical (unpaired) electrons. The van der Waals surface area contributed by atoms with Gasteiger partial charge in [-0.05, 0) is 20.3 Å². The molecule has 1 aliphatic rings. The SMILES string of the molecule is CC(C)(N)CC(=O)NC1CCOC1. The van der Waals surface area contributed by atoms with Crippen LogP contribution < -0.4 is 11.1 Å². The summed E-state index contributed by atoms with van der Waals surface area (Å²) in [4.78, 5) is 11.4. The average molecular weight is 186 g/mol. The van der Waals surface area contributed by atoms with Crippen LogP contribution in [-0.2, 0) is 9.53 Å². The molecule has 1 rings (SSSR count). The number of carbonyl (C=O) groups is 1. The van der Waals surface area contributed by atoms with Crippen LogP contribution in [0.4, 0.5) is 0 Å². The molecule has 0 saturated carbocycles. The van der Waals surface area contributed by atoms with Crippen molar-refractivity contribution in [2.75, 3.05) is 13.2 Å². The van der Waals surface area contributed by atoms with Gasteiger partial charge in [0.05, 0.1) is 12.6 Å². The lowest BCUT2D eigenvalue weighted by molar-refractivity contribution is -0.122. The molecule has 76 valence electrons. The molecule has 0 aromatic rings. The number of nitrogens with one attached hydrogen (secondary N) is 1. The van der Waals surface area contributed by atoms with Gasteiger partial charge in [0, 0.05) is 18.6 Å². The fourth-order valence-electron chi connectivity index (χ4n) is 1.34. The third-order valence-corrected chi connectivity index (χ3v) is 1.91. The monoisotopic (exact) mass is 186 g/mol. The molecule has 1 aliphatic heterocycles. The van der Waals surface area contributed by atoms with E-state index in [-0.39, 0.29) is 11.9 Å². The van der Waals surface area contributed by atoms with Crippen LogP contribution in [0.5, 0.6) is 0 Å². The van der Waals surface area contributed by atoms with E-state index in [1.165, 1.54) is 0 Å². The molecule has 0 aromatic carbocycles. The summed E-state index contributed by atoms with van der Waals surface area (Å²) >= 11 is 0. The summed E-state index contributed by atoms with van der Waals surface area (Å²) < 4.78 is 5.14. The van der Waals surface area contributed by atoms with E-state index in [0.29, 0.717) is 13.0 Å². The zero-order chi connectivity index (χ0) is 9.90. The Kier molecular flexibility index (Phi) is 3.27. The third kappa shape index (κ3) is 4.24. The second-order valence-electron chi connectivity index (χ2n) is 4.29. The maximum absolute atomic E-state index is 11.4. The highest BCUT2D eigenvalue weighted by atomic mass is 16.5. The first kappa shape index (κ1) is 10.5. The second kappa shape index (κ2) is 4.07. The first-order valence-electron chi connectivity index (χ1n) is 4.63. The zero-order valence-electron chi connectivity index (χ0n) is 8.30. The minimum atomic E-state index is -0.427. The normalized spacial score (nSPS) is 23.2. The Hall–Kier alpha value is -0.610. The van der Waals surface area contributed by atoms with Crippen molar-refractivity contribution in [2.45, 2.75) is 38.3 Å². The van der Waals surface area contributed by atoms with Crippen molar-refractivity contribution in [3.05, 3.63) is 0 Å². The summed E-state index contributed by atoms with van der Waals surface area (Å²) in [5.41, 5.74) is 5.29. The molecule has 3 N–H and O–H groups in total.